The van der Waals surface area contributed by atoms with Crippen LogP contribution in [0.25, 0.3) is 0 Å². The molecule has 0 N–H and O–H groups in total. The molecule has 1 rings (SSSR count). The molecule has 54 valence electrons. The van der Waals surface area contributed by atoms with Crippen LogP contribution in [0, 0.1) is 0 Å². The van der Waals surface area contributed by atoms with Crippen LogP contribution in [-0.2, 0) is 7.05 Å². The Hall–Kier alpha value is -1.32. The van der Waals surface area contributed by atoms with E-state index in [1.807, 2.05) is 0 Å². The van der Waals surface area contributed by atoms with Crippen molar-refractivity contribution in [2.24, 2.45) is 7.05 Å². The first-order valence-corrected chi connectivity index (χ1v) is 2.82. The second kappa shape index (κ2) is 2.51. The normalized spacial score (nSPS) is 9.40. The van der Waals surface area contributed by atoms with Crippen LogP contribution in [0.4, 0.5) is 0 Å². The molecule has 10 heavy (non-hydrogen) atoms. The van der Waals surface area contributed by atoms with Crippen LogP contribution < -0.4 is 10.3 Å². The smallest absolute Gasteiger partial charge is 0.308 e. The van der Waals surface area contributed by atoms with Crippen LogP contribution in [-0.4, -0.2) is 16.9 Å². The fourth-order valence-corrected chi connectivity index (χ4v) is 0.640. The lowest BCUT2D eigenvalue weighted by Gasteiger charge is -1.98. The average molecular weight is 140 g/mol. The van der Waals surface area contributed by atoms with E-state index in [-0.39, 0.29) is 5.56 Å². The molecule has 0 radical (unpaired) electrons. The van der Waals surface area contributed by atoms with Gasteiger partial charge in [-0.25, -0.2) is 4.68 Å². The summed E-state index contributed by atoms with van der Waals surface area (Å²) in [4.78, 5) is 11.0. The summed E-state index contributed by atoms with van der Waals surface area (Å²) in [5.41, 5.74) is -0.218. The van der Waals surface area contributed by atoms with Crippen molar-refractivity contribution < 1.29 is 4.74 Å². The summed E-state index contributed by atoms with van der Waals surface area (Å²) in [5, 5.41) is 3.71. The Morgan fingerprint density at radius 2 is 2.40 bits per heavy atom. The molecule has 0 aliphatic rings. The van der Waals surface area contributed by atoms with Crippen molar-refractivity contribution in [2.75, 3.05) is 7.11 Å². The lowest BCUT2D eigenvalue weighted by molar-refractivity contribution is 0.401. The third-order valence-electron chi connectivity index (χ3n) is 1.19. The summed E-state index contributed by atoms with van der Waals surface area (Å²) in [5.74, 6) is 0.317. The molecule has 0 aliphatic heterocycles. The Labute approximate surface area is 58.1 Å². The molecule has 1 aromatic rings. The van der Waals surface area contributed by atoms with E-state index in [2.05, 4.69) is 5.10 Å². The number of ether oxygens (including phenoxy) is 1. The molecule has 1 aromatic heterocycles. The Balaban J connectivity index is 3.28. The largest absolute Gasteiger partial charge is 0.491 e. The van der Waals surface area contributed by atoms with Gasteiger partial charge in [0.2, 0.25) is 0 Å². The summed E-state index contributed by atoms with van der Waals surface area (Å²) in [6.45, 7) is 0. The summed E-state index contributed by atoms with van der Waals surface area (Å²) in [6.07, 6.45) is 1.51. The minimum absolute atomic E-state index is 0.218. The lowest BCUT2D eigenvalue weighted by Crippen LogP contribution is -2.19. The van der Waals surface area contributed by atoms with Gasteiger partial charge in [0.15, 0.2) is 5.75 Å². The van der Waals surface area contributed by atoms with Gasteiger partial charge < -0.3 is 4.74 Å². The third-order valence-corrected chi connectivity index (χ3v) is 1.19. The van der Waals surface area contributed by atoms with E-state index in [0.717, 1.165) is 0 Å². The van der Waals surface area contributed by atoms with E-state index < -0.39 is 0 Å². The number of aryl methyl sites for hydroxylation is 1. The maximum atomic E-state index is 11.0. The fourth-order valence-electron chi connectivity index (χ4n) is 0.640. The van der Waals surface area contributed by atoms with Crippen molar-refractivity contribution in [1.29, 1.82) is 0 Å². The minimum atomic E-state index is -0.218. The van der Waals surface area contributed by atoms with Gasteiger partial charge in [0.1, 0.15) is 0 Å². The minimum Gasteiger partial charge on any atom is -0.491 e. The lowest BCUT2D eigenvalue weighted by atomic mass is 10.5. The van der Waals surface area contributed by atoms with E-state index in [9.17, 15) is 4.79 Å². The molecular weight excluding hydrogens is 132 g/mol. The molecule has 4 heteroatoms. The number of aromatic nitrogens is 2. The molecule has 0 unspecified atom stereocenters. The van der Waals surface area contributed by atoms with Crippen LogP contribution in [0.2, 0.25) is 0 Å². The van der Waals surface area contributed by atoms with Gasteiger partial charge in [0.25, 0.3) is 0 Å². The summed E-state index contributed by atoms with van der Waals surface area (Å²) in [6, 6.07) is 1.53. The van der Waals surface area contributed by atoms with Crippen molar-refractivity contribution in [1.82, 2.24) is 9.78 Å². The van der Waals surface area contributed by atoms with Crippen LogP contribution in [0.15, 0.2) is 17.1 Å². The first-order chi connectivity index (χ1) is 4.75. The maximum absolute atomic E-state index is 11.0. The van der Waals surface area contributed by atoms with Crippen molar-refractivity contribution in [3.8, 4) is 5.75 Å². The molecule has 0 bridgehead atoms. The van der Waals surface area contributed by atoms with Gasteiger partial charge >= 0.3 is 5.56 Å². The molecule has 0 aromatic carbocycles. The zero-order valence-electron chi connectivity index (χ0n) is 5.87. The Morgan fingerprint density at radius 1 is 1.70 bits per heavy atom. The highest BCUT2D eigenvalue weighted by molar-refractivity contribution is 5.13. The first-order valence-electron chi connectivity index (χ1n) is 2.82. The molecule has 0 saturated heterocycles. The van der Waals surface area contributed by atoms with E-state index in [4.69, 9.17) is 4.74 Å². The van der Waals surface area contributed by atoms with E-state index >= 15 is 0 Å². The molecule has 0 saturated carbocycles. The van der Waals surface area contributed by atoms with Gasteiger partial charge in [0.05, 0.1) is 13.3 Å². The van der Waals surface area contributed by atoms with Crippen molar-refractivity contribution >= 4 is 0 Å². The fraction of sp³-hybridized carbons (Fsp3) is 0.333. The molecule has 0 fully saturated rings. The average Bonchev–Trinajstić information content (AvgIpc) is 1.95. The third kappa shape index (κ3) is 1.00. The van der Waals surface area contributed by atoms with Gasteiger partial charge in [-0.1, -0.05) is 0 Å². The number of hydrogen-bond acceptors (Lipinski definition) is 3. The topological polar surface area (TPSA) is 44.1 Å². The predicted molar refractivity (Wildman–Crippen MR) is 36.0 cm³/mol. The number of methoxy groups -OCH3 is 1. The van der Waals surface area contributed by atoms with Crippen LogP contribution >= 0.6 is 0 Å². The molecule has 0 aliphatic carbocycles. The summed E-state index contributed by atoms with van der Waals surface area (Å²) < 4.78 is 5.97. The van der Waals surface area contributed by atoms with E-state index in [1.165, 1.54) is 24.1 Å². The number of hydrogen-bond donors (Lipinski definition) is 0. The van der Waals surface area contributed by atoms with Crippen LogP contribution in [0.5, 0.6) is 5.75 Å². The van der Waals surface area contributed by atoms with Gasteiger partial charge in [-0.3, -0.25) is 4.79 Å². The SMILES string of the molecule is COc1ccnn(C)c1=O. The quantitative estimate of drug-likeness (QED) is 0.542. The summed E-state index contributed by atoms with van der Waals surface area (Å²) >= 11 is 0. The zero-order chi connectivity index (χ0) is 7.56. The molecule has 0 amide bonds. The molecule has 0 atom stereocenters. The van der Waals surface area contributed by atoms with E-state index in [0.29, 0.717) is 5.75 Å². The summed E-state index contributed by atoms with van der Waals surface area (Å²) in [7, 11) is 3.03. The van der Waals surface area contributed by atoms with E-state index in [1.54, 1.807) is 7.05 Å². The van der Waals surface area contributed by atoms with Crippen LogP contribution in [0.3, 0.4) is 0 Å². The zero-order valence-corrected chi connectivity index (χ0v) is 5.87. The monoisotopic (exact) mass is 140 g/mol. The standard InChI is InChI=1S/C6H8N2O2/c1-8-6(9)5(10-2)3-4-7-8/h3-4H,1-2H3. The molecular formula is C6H8N2O2. The van der Waals surface area contributed by atoms with Crippen molar-refractivity contribution in [3.05, 3.63) is 22.6 Å². The number of rotatable bonds is 1. The molecule has 1 heterocycles. The second-order valence-corrected chi connectivity index (χ2v) is 1.83. The van der Waals surface area contributed by atoms with Gasteiger partial charge in [0, 0.05) is 13.1 Å². The highest BCUT2D eigenvalue weighted by atomic mass is 16.5. The van der Waals surface area contributed by atoms with Crippen molar-refractivity contribution in [3.63, 3.8) is 0 Å². The Morgan fingerprint density at radius 3 is 2.90 bits per heavy atom. The van der Waals surface area contributed by atoms with Gasteiger partial charge in [-0.15, -0.1) is 0 Å². The Bertz CT molecular complexity index is 279. The highest BCUT2D eigenvalue weighted by Crippen LogP contribution is 1.95. The second-order valence-electron chi connectivity index (χ2n) is 1.83. The highest BCUT2D eigenvalue weighted by Gasteiger charge is 1.97. The van der Waals surface area contributed by atoms with Gasteiger partial charge in [-0.2, -0.15) is 5.10 Å². The predicted octanol–water partition coefficient (Wildman–Crippen LogP) is -0.211. The number of nitrogens with zero attached hydrogens (tertiary/aromatic N) is 2. The van der Waals surface area contributed by atoms with Crippen molar-refractivity contribution in [2.45, 2.75) is 0 Å². The van der Waals surface area contributed by atoms with Crippen LogP contribution in [0.1, 0.15) is 0 Å². The Kier molecular flexibility index (Phi) is 1.71. The first kappa shape index (κ1) is 6.80. The van der Waals surface area contributed by atoms with Gasteiger partial charge in [-0.05, 0) is 0 Å². The molecule has 0 spiro atoms. The molecule has 4 nitrogen and oxygen atoms in total. The maximum Gasteiger partial charge on any atom is 0.308 e.